The van der Waals surface area contributed by atoms with Crippen molar-refractivity contribution in [2.45, 2.75) is 51.1 Å². The van der Waals surface area contributed by atoms with Crippen LogP contribution in [0.3, 0.4) is 0 Å². The summed E-state index contributed by atoms with van der Waals surface area (Å²) < 4.78 is 0. The third kappa shape index (κ3) is 2.96. The Morgan fingerprint density at radius 2 is 1.77 bits per heavy atom. The molecule has 0 aliphatic heterocycles. The van der Waals surface area contributed by atoms with Gasteiger partial charge in [-0.1, -0.05) is 26.2 Å². The zero-order valence-electron chi connectivity index (χ0n) is 9.27. The van der Waals surface area contributed by atoms with Gasteiger partial charge in [-0.3, -0.25) is 0 Å². The maximum Gasteiger partial charge on any atom is 0.0220 e. The minimum Gasteiger partial charge on any atom is -0.315 e. The molecule has 0 bridgehead atoms. The highest BCUT2D eigenvalue weighted by Crippen LogP contribution is 2.31. The molecule has 2 heteroatoms. The molecule has 2 nitrogen and oxygen atoms in total. The van der Waals surface area contributed by atoms with Crippen LogP contribution < -0.4 is 10.6 Å². The number of hydrogen-bond acceptors (Lipinski definition) is 2. The molecule has 78 valence electrons. The lowest BCUT2D eigenvalue weighted by molar-refractivity contribution is 0.238. The lowest BCUT2D eigenvalue weighted by Gasteiger charge is -2.33. The first-order chi connectivity index (χ1) is 6.31. The molecule has 1 aliphatic rings. The van der Waals surface area contributed by atoms with Gasteiger partial charge in [0.25, 0.3) is 0 Å². The Labute approximate surface area is 82.5 Å². The number of rotatable bonds is 6. The zero-order valence-corrected chi connectivity index (χ0v) is 9.27. The van der Waals surface area contributed by atoms with Crippen LogP contribution in [0.15, 0.2) is 0 Å². The summed E-state index contributed by atoms with van der Waals surface area (Å²) in [6.07, 6.45) is 6.94. The van der Waals surface area contributed by atoms with E-state index in [0.29, 0.717) is 12.1 Å². The molecule has 2 N–H and O–H groups in total. The van der Waals surface area contributed by atoms with E-state index in [1.54, 1.807) is 0 Å². The van der Waals surface area contributed by atoms with Crippen LogP contribution in [-0.2, 0) is 0 Å². The number of likely N-dealkylation sites (N-methyl/N-ethyl adjacent to an activating group) is 2. The lowest BCUT2D eigenvalue weighted by atomic mass is 9.79. The molecule has 1 aliphatic carbocycles. The smallest absolute Gasteiger partial charge is 0.0220 e. The van der Waals surface area contributed by atoms with Gasteiger partial charge in [-0.25, -0.2) is 0 Å². The van der Waals surface area contributed by atoms with Gasteiger partial charge in [0.15, 0.2) is 0 Å². The molecule has 0 heterocycles. The van der Waals surface area contributed by atoms with Crippen LogP contribution in [0.5, 0.6) is 0 Å². The van der Waals surface area contributed by atoms with E-state index in [0.717, 1.165) is 5.92 Å². The van der Waals surface area contributed by atoms with E-state index in [1.807, 2.05) is 0 Å². The third-order valence-electron chi connectivity index (χ3n) is 3.48. The van der Waals surface area contributed by atoms with Crippen molar-refractivity contribution in [1.82, 2.24) is 10.6 Å². The normalized spacial score (nSPS) is 22.4. The average Bonchev–Trinajstić information content (AvgIpc) is 2.09. The van der Waals surface area contributed by atoms with Crippen molar-refractivity contribution in [3.8, 4) is 0 Å². The monoisotopic (exact) mass is 184 g/mol. The Morgan fingerprint density at radius 1 is 1.15 bits per heavy atom. The van der Waals surface area contributed by atoms with E-state index in [1.165, 1.54) is 32.1 Å². The Hall–Kier alpha value is -0.0800. The molecule has 2 unspecified atom stereocenters. The summed E-state index contributed by atoms with van der Waals surface area (Å²) in [5, 5.41) is 6.83. The molecule has 1 saturated carbocycles. The first kappa shape index (κ1) is 11.0. The van der Waals surface area contributed by atoms with Crippen molar-refractivity contribution in [3.63, 3.8) is 0 Å². The van der Waals surface area contributed by atoms with Gasteiger partial charge in [0.2, 0.25) is 0 Å². The minimum absolute atomic E-state index is 0.644. The van der Waals surface area contributed by atoms with Crippen molar-refractivity contribution in [1.29, 1.82) is 0 Å². The van der Waals surface area contributed by atoms with Gasteiger partial charge in [-0.05, 0) is 32.9 Å². The first-order valence-electron chi connectivity index (χ1n) is 5.66. The summed E-state index contributed by atoms with van der Waals surface area (Å²) in [7, 11) is 4.16. The Kier molecular flexibility index (Phi) is 4.74. The Balaban J connectivity index is 2.30. The molecule has 0 aromatic carbocycles. The second-order valence-corrected chi connectivity index (χ2v) is 4.23. The van der Waals surface area contributed by atoms with Gasteiger partial charge < -0.3 is 10.6 Å². The first-order valence-corrected chi connectivity index (χ1v) is 5.66. The molecule has 0 saturated heterocycles. The van der Waals surface area contributed by atoms with Crippen LogP contribution >= 0.6 is 0 Å². The predicted molar refractivity (Wildman–Crippen MR) is 57.9 cm³/mol. The van der Waals surface area contributed by atoms with E-state index in [9.17, 15) is 0 Å². The fourth-order valence-electron chi connectivity index (χ4n) is 2.26. The van der Waals surface area contributed by atoms with Crippen molar-refractivity contribution in [2.75, 3.05) is 14.1 Å². The van der Waals surface area contributed by atoms with E-state index < -0.39 is 0 Å². The maximum atomic E-state index is 3.44. The molecular weight excluding hydrogens is 160 g/mol. The van der Waals surface area contributed by atoms with Gasteiger partial charge in [0, 0.05) is 12.1 Å². The van der Waals surface area contributed by atoms with E-state index in [4.69, 9.17) is 0 Å². The van der Waals surface area contributed by atoms with E-state index >= 15 is 0 Å². The molecule has 0 amide bonds. The standard InChI is InChI=1S/C11H24N2/c1-4-10(12-2)11(13-3)8-9-6-5-7-9/h9-13H,4-8H2,1-3H3. The highest BCUT2D eigenvalue weighted by atomic mass is 15.0. The zero-order chi connectivity index (χ0) is 9.68. The van der Waals surface area contributed by atoms with Crippen molar-refractivity contribution in [2.24, 2.45) is 5.92 Å². The van der Waals surface area contributed by atoms with Gasteiger partial charge in [-0.2, -0.15) is 0 Å². The van der Waals surface area contributed by atoms with Crippen LogP contribution in [-0.4, -0.2) is 26.2 Å². The van der Waals surface area contributed by atoms with Crippen molar-refractivity contribution < 1.29 is 0 Å². The number of nitrogens with one attached hydrogen (secondary N) is 2. The van der Waals surface area contributed by atoms with Crippen LogP contribution in [0.2, 0.25) is 0 Å². The van der Waals surface area contributed by atoms with Crippen molar-refractivity contribution >= 4 is 0 Å². The molecule has 1 fully saturated rings. The van der Waals surface area contributed by atoms with Crippen LogP contribution in [0.1, 0.15) is 39.0 Å². The average molecular weight is 184 g/mol. The van der Waals surface area contributed by atoms with Gasteiger partial charge in [0.1, 0.15) is 0 Å². The fraction of sp³-hybridized carbons (Fsp3) is 1.00. The quantitative estimate of drug-likeness (QED) is 0.657. The van der Waals surface area contributed by atoms with E-state index in [2.05, 4.69) is 31.7 Å². The molecule has 0 aromatic heterocycles. The summed E-state index contributed by atoms with van der Waals surface area (Å²) in [6, 6.07) is 1.31. The summed E-state index contributed by atoms with van der Waals surface area (Å²) in [5.41, 5.74) is 0. The summed E-state index contributed by atoms with van der Waals surface area (Å²) >= 11 is 0. The van der Waals surface area contributed by atoms with Crippen molar-refractivity contribution in [3.05, 3.63) is 0 Å². The number of hydrogen-bond donors (Lipinski definition) is 2. The predicted octanol–water partition coefficient (Wildman–Crippen LogP) is 1.76. The minimum atomic E-state index is 0.644. The molecule has 13 heavy (non-hydrogen) atoms. The molecule has 0 radical (unpaired) electrons. The molecule has 1 rings (SSSR count). The molecule has 0 aromatic rings. The maximum absolute atomic E-state index is 3.44. The second kappa shape index (κ2) is 5.61. The summed E-state index contributed by atoms with van der Waals surface area (Å²) in [6.45, 7) is 2.26. The highest BCUT2D eigenvalue weighted by Gasteiger charge is 2.24. The van der Waals surface area contributed by atoms with Gasteiger partial charge >= 0.3 is 0 Å². The molecule has 0 spiro atoms. The van der Waals surface area contributed by atoms with Gasteiger partial charge in [0.05, 0.1) is 0 Å². The fourth-order valence-corrected chi connectivity index (χ4v) is 2.26. The highest BCUT2D eigenvalue weighted by molar-refractivity contribution is 4.84. The Bertz CT molecular complexity index is 128. The van der Waals surface area contributed by atoms with E-state index in [-0.39, 0.29) is 0 Å². The SMILES string of the molecule is CCC(NC)C(CC1CCC1)NC. The summed E-state index contributed by atoms with van der Waals surface area (Å²) in [5.74, 6) is 1.000. The topological polar surface area (TPSA) is 24.1 Å². The van der Waals surface area contributed by atoms with Crippen LogP contribution in [0, 0.1) is 5.92 Å². The summed E-state index contributed by atoms with van der Waals surface area (Å²) in [4.78, 5) is 0. The third-order valence-corrected chi connectivity index (χ3v) is 3.48. The lowest BCUT2D eigenvalue weighted by Crippen LogP contribution is -2.46. The Morgan fingerprint density at radius 3 is 2.08 bits per heavy atom. The molecule has 2 atom stereocenters. The van der Waals surface area contributed by atoms with Crippen LogP contribution in [0.25, 0.3) is 0 Å². The largest absolute Gasteiger partial charge is 0.315 e. The van der Waals surface area contributed by atoms with Crippen LogP contribution in [0.4, 0.5) is 0 Å². The molecular formula is C11H24N2. The van der Waals surface area contributed by atoms with Gasteiger partial charge in [-0.15, -0.1) is 0 Å². The second-order valence-electron chi connectivity index (χ2n) is 4.23.